The van der Waals surface area contributed by atoms with Gasteiger partial charge in [0, 0.05) is 44.2 Å². The summed E-state index contributed by atoms with van der Waals surface area (Å²) >= 11 is 0. The molecule has 0 spiro atoms. The summed E-state index contributed by atoms with van der Waals surface area (Å²) in [4.78, 5) is 41.1. The van der Waals surface area contributed by atoms with Gasteiger partial charge < -0.3 is 29.5 Å². The van der Waals surface area contributed by atoms with Crippen molar-refractivity contribution in [3.63, 3.8) is 0 Å². The first-order valence-electron chi connectivity index (χ1n) is 12.7. The lowest BCUT2D eigenvalue weighted by atomic mass is 9.98. The minimum absolute atomic E-state index is 0.0654. The molecular weight excluding hydrogens is 476 g/mol. The number of carbonyl (C=O) groups excluding carboxylic acids is 3. The van der Waals surface area contributed by atoms with Crippen LogP contribution in [0.1, 0.15) is 70.7 Å². The quantitative estimate of drug-likeness (QED) is 0.343. The van der Waals surface area contributed by atoms with Crippen molar-refractivity contribution >= 4 is 23.5 Å². The molecule has 1 unspecified atom stereocenters. The topological polar surface area (TPSA) is 123 Å². The van der Waals surface area contributed by atoms with E-state index in [1.165, 1.54) is 4.90 Å². The summed E-state index contributed by atoms with van der Waals surface area (Å²) in [5.41, 5.74) is 0.190. The van der Waals surface area contributed by atoms with E-state index in [0.717, 1.165) is 0 Å². The van der Waals surface area contributed by atoms with E-state index in [1.54, 1.807) is 44.4 Å². The Morgan fingerprint density at radius 3 is 2.41 bits per heavy atom. The van der Waals surface area contributed by atoms with Crippen molar-refractivity contribution in [1.29, 1.82) is 0 Å². The molecule has 1 aromatic carbocycles. The molecule has 0 saturated carbocycles. The molecule has 10 heteroatoms. The normalized spacial score (nSPS) is 12.1. The molecule has 2 N–H and O–H groups in total. The summed E-state index contributed by atoms with van der Waals surface area (Å²) in [5, 5.41) is 9.44. The van der Waals surface area contributed by atoms with Gasteiger partial charge in [0.1, 0.15) is 17.6 Å². The summed E-state index contributed by atoms with van der Waals surface area (Å²) in [5.74, 6) is 0.535. The standard InChI is InChI=1S/C27H40N4O6/c1-7-27(4,5)29-26(34)25(20-10-12-21(35-6)13-11-20)31(16-9-17-36-8-2)24(33)15-14-23(32)28-22-18-19(3)37-30-22/h10-13,18,25H,7-9,14-17H2,1-6H3,(H,29,34)(H,28,30,32). The Morgan fingerprint density at radius 2 is 1.84 bits per heavy atom. The molecule has 0 saturated heterocycles. The Labute approximate surface area is 219 Å². The zero-order valence-corrected chi connectivity index (χ0v) is 22.8. The molecule has 0 aliphatic carbocycles. The maximum Gasteiger partial charge on any atom is 0.247 e. The van der Waals surface area contributed by atoms with Crippen molar-refractivity contribution in [2.45, 2.75) is 71.9 Å². The third-order valence-electron chi connectivity index (χ3n) is 6.01. The third kappa shape index (κ3) is 9.53. The number of benzene rings is 1. The molecule has 0 radical (unpaired) electrons. The van der Waals surface area contributed by atoms with Gasteiger partial charge in [0.25, 0.3) is 0 Å². The number of amides is 3. The first-order valence-corrected chi connectivity index (χ1v) is 12.7. The van der Waals surface area contributed by atoms with Gasteiger partial charge in [-0.15, -0.1) is 0 Å². The summed E-state index contributed by atoms with van der Waals surface area (Å²) < 4.78 is 15.7. The van der Waals surface area contributed by atoms with Crippen molar-refractivity contribution in [3.8, 4) is 5.75 Å². The van der Waals surface area contributed by atoms with Gasteiger partial charge in [-0.1, -0.05) is 24.2 Å². The van der Waals surface area contributed by atoms with Gasteiger partial charge in [-0.3, -0.25) is 14.4 Å². The highest BCUT2D eigenvalue weighted by atomic mass is 16.5. The van der Waals surface area contributed by atoms with E-state index >= 15 is 0 Å². The molecule has 1 aromatic heterocycles. The molecule has 2 aromatic rings. The lowest BCUT2D eigenvalue weighted by molar-refractivity contribution is -0.142. The van der Waals surface area contributed by atoms with E-state index in [-0.39, 0.29) is 30.6 Å². The van der Waals surface area contributed by atoms with Gasteiger partial charge in [-0.2, -0.15) is 0 Å². The SMILES string of the molecule is CCOCCCN(C(=O)CCC(=O)Nc1cc(C)on1)C(C(=O)NC(C)(C)CC)c1ccc(OC)cc1. The number of carbonyl (C=O) groups is 3. The maximum absolute atomic E-state index is 13.6. The summed E-state index contributed by atoms with van der Waals surface area (Å²) in [6.07, 6.45) is 1.12. The molecule has 0 bridgehead atoms. The Kier molecular flexibility index (Phi) is 11.6. The first-order chi connectivity index (χ1) is 17.6. The Morgan fingerprint density at radius 1 is 1.14 bits per heavy atom. The summed E-state index contributed by atoms with van der Waals surface area (Å²) in [6, 6.07) is 7.80. The van der Waals surface area contributed by atoms with Gasteiger partial charge in [-0.25, -0.2) is 0 Å². The number of hydrogen-bond acceptors (Lipinski definition) is 7. The number of hydrogen-bond donors (Lipinski definition) is 2. The van der Waals surface area contributed by atoms with Gasteiger partial charge in [0.2, 0.25) is 17.7 Å². The number of nitrogens with one attached hydrogen (secondary N) is 2. The fraction of sp³-hybridized carbons (Fsp3) is 0.556. The number of nitrogens with zero attached hydrogens (tertiary/aromatic N) is 2. The van der Waals surface area contributed by atoms with Crippen LogP contribution in [0.15, 0.2) is 34.9 Å². The number of aromatic nitrogens is 1. The Hall–Kier alpha value is -3.40. The summed E-state index contributed by atoms with van der Waals surface area (Å²) in [7, 11) is 1.57. The van der Waals surface area contributed by atoms with Crippen LogP contribution >= 0.6 is 0 Å². The molecule has 3 amide bonds. The van der Waals surface area contributed by atoms with Crippen molar-refractivity contribution in [2.75, 3.05) is 32.2 Å². The molecule has 0 aliphatic heterocycles. The van der Waals surface area contributed by atoms with Gasteiger partial charge in [0.05, 0.1) is 7.11 Å². The second-order valence-corrected chi connectivity index (χ2v) is 9.41. The Balaban J connectivity index is 2.29. The van der Waals surface area contributed by atoms with Crippen LogP contribution < -0.4 is 15.4 Å². The van der Waals surface area contributed by atoms with Crippen LogP contribution in [-0.2, 0) is 19.1 Å². The monoisotopic (exact) mass is 516 g/mol. The van der Waals surface area contributed by atoms with Crippen molar-refractivity contribution in [2.24, 2.45) is 0 Å². The second kappa shape index (κ2) is 14.4. The predicted molar refractivity (Wildman–Crippen MR) is 140 cm³/mol. The molecule has 0 aliphatic rings. The molecule has 204 valence electrons. The predicted octanol–water partition coefficient (Wildman–Crippen LogP) is 4.01. The van der Waals surface area contributed by atoms with E-state index in [0.29, 0.717) is 55.5 Å². The summed E-state index contributed by atoms with van der Waals surface area (Å²) in [6.45, 7) is 10.8. The van der Waals surface area contributed by atoms with Crippen LogP contribution in [0, 0.1) is 6.92 Å². The van der Waals surface area contributed by atoms with E-state index in [9.17, 15) is 14.4 Å². The van der Waals surface area contributed by atoms with Crippen LogP contribution in [-0.4, -0.2) is 60.2 Å². The van der Waals surface area contributed by atoms with Crippen molar-refractivity contribution in [1.82, 2.24) is 15.4 Å². The molecule has 2 rings (SSSR count). The van der Waals surface area contributed by atoms with E-state index in [4.69, 9.17) is 14.0 Å². The van der Waals surface area contributed by atoms with E-state index < -0.39 is 11.6 Å². The average Bonchev–Trinajstić information content (AvgIpc) is 3.28. The van der Waals surface area contributed by atoms with E-state index in [1.807, 2.05) is 27.7 Å². The minimum atomic E-state index is -0.882. The highest BCUT2D eigenvalue weighted by molar-refractivity contribution is 5.94. The zero-order chi connectivity index (χ0) is 27.4. The molecule has 37 heavy (non-hydrogen) atoms. The molecule has 1 heterocycles. The number of aryl methyl sites for hydroxylation is 1. The van der Waals surface area contributed by atoms with Crippen molar-refractivity contribution < 1.29 is 28.4 Å². The van der Waals surface area contributed by atoms with E-state index in [2.05, 4.69) is 15.8 Å². The highest BCUT2D eigenvalue weighted by Gasteiger charge is 2.33. The average molecular weight is 517 g/mol. The van der Waals surface area contributed by atoms with Crippen LogP contribution in [0.4, 0.5) is 5.82 Å². The molecular formula is C27H40N4O6. The first kappa shape index (κ1) is 29.8. The smallest absolute Gasteiger partial charge is 0.247 e. The fourth-order valence-electron chi connectivity index (χ4n) is 3.62. The van der Waals surface area contributed by atoms with Crippen LogP contribution in [0.5, 0.6) is 5.75 Å². The molecule has 10 nitrogen and oxygen atoms in total. The second-order valence-electron chi connectivity index (χ2n) is 9.41. The lowest BCUT2D eigenvalue weighted by Gasteiger charge is -2.34. The molecule has 0 fully saturated rings. The lowest BCUT2D eigenvalue weighted by Crippen LogP contribution is -2.50. The Bertz CT molecular complexity index is 1020. The van der Waals surface area contributed by atoms with Crippen LogP contribution in [0.25, 0.3) is 0 Å². The van der Waals surface area contributed by atoms with Gasteiger partial charge in [0.15, 0.2) is 5.82 Å². The van der Waals surface area contributed by atoms with Crippen LogP contribution in [0.3, 0.4) is 0 Å². The zero-order valence-electron chi connectivity index (χ0n) is 22.8. The number of anilines is 1. The fourth-order valence-corrected chi connectivity index (χ4v) is 3.62. The largest absolute Gasteiger partial charge is 0.497 e. The molecule has 1 atom stereocenters. The highest BCUT2D eigenvalue weighted by Crippen LogP contribution is 2.26. The van der Waals surface area contributed by atoms with Gasteiger partial charge in [-0.05, 0) is 58.2 Å². The van der Waals surface area contributed by atoms with Crippen molar-refractivity contribution in [3.05, 3.63) is 41.7 Å². The number of methoxy groups -OCH3 is 1. The van der Waals surface area contributed by atoms with Crippen LogP contribution in [0.2, 0.25) is 0 Å². The maximum atomic E-state index is 13.6. The van der Waals surface area contributed by atoms with Gasteiger partial charge >= 0.3 is 0 Å². The number of ether oxygens (including phenoxy) is 2. The third-order valence-corrected chi connectivity index (χ3v) is 6.01. The number of rotatable bonds is 15. The minimum Gasteiger partial charge on any atom is -0.497 e.